The van der Waals surface area contributed by atoms with Gasteiger partial charge in [-0.15, -0.1) is 0 Å². The zero-order valence-electron chi connectivity index (χ0n) is 10.6. The monoisotopic (exact) mass is 200 g/mol. The highest BCUT2D eigenvalue weighted by Crippen LogP contribution is 2.09. The van der Waals surface area contributed by atoms with Crippen molar-refractivity contribution >= 4 is 0 Å². The standard InChI is InChI=1S/C12H28N2/c1-6-11(2)10-14(5)12(3)8-7-9-13-4/h11-13H,6-10H2,1-5H3. The van der Waals surface area contributed by atoms with Gasteiger partial charge in [0.2, 0.25) is 0 Å². The molecule has 0 aliphatic heterocycles. The average Bonchev–Trinajstić information content (AvgIpc) is 2.17. The normalized spacial score (nSPS) is 15.9. The quantitative estimate of drug-likeness (QED) is 0.605. The number of hydrogen-bond acceptors (Lipinski definition) is 2. The Labute approximate surface area is 90.1 Å². The van der Waals surface area contributed by atoms with E-state index in [4.69, 9.17) is 0 Å². The van der Waals surface area contributed by atoms with Crippen LogP contribution in [0.25, 0.3) is 0 Å². The smallest absolute Gasteiger partial charge is 0.00644 e. The zero-order valence-corrected chi connectivity index (χ0v) is 10.6. The van der Waals surface area contributed by atoms with Gasteiger partial charge in [0, 0.05) is 12.6 Å². The molecule has 0 saturated heterocycles. The molecule has 0 heterocycles. The van der Waals surface area contributed by atoms with E-state index in [1.807, 2.05) is 7.05 Å². The first-order chi connectivity index (χ1) is 6.61. The van der Waals surface area contributed by atoms with Crippen LogP contribution >= 0.6 is 0 Å². The van der Waals surface area contributed by atoms with Gasteiger partial charge >= 0.3 is 0 Å². The lowest BCUT2D eigenvalue weighted by Crippen LogP contribution is -2.33. The van der Waals surface area contributed by atoms with Crippen LogP contribution in [0, 0.1) is 5.92 Å². The summed E-state index contributed by atoms with van der Waals surface area (Å²) in [4.78, 5) is 2.49. The Kier molecular flexibility index (Phi) is 8.20. The summed E-state index contributed by atoms with van der Waals surface area (Å²) in [7, 11) is 4.27. The highest BCUT2D eigenvalue weighted by Gasteiger charge is 2.10. The Morgan fingerprint density at radius 2 is 1.93 bits per heavy atom. The molecule has 0 aromatic heterocycles. The van der Waals surface area contributed by atoms with E-state index in [0.717, 1.165) is 18.5 Å². The predicted molar refractivity (Wildman–Crippen MR) is 64.7 cm³/mol. The highest BCUT2D eigenvalue weighted by molar-refractivity contribution is 4.66. The minimum absolute atomic E-state index is 0.720. The molecule has 0 amide bonds. The Hall–Kier alpha value is -0.0800. The van der Waals surface area contributed by atoms with Crippen LogP contribution in [-0.2, 0) is 0 Å². The Balaban J connectivity index is 3.58. The number of rotatable bonds is 8. The maximum atomic E-state index is 3.20. The molecule has 2 nitrogen and oxygen atoms in total. The van der Waals surface area contributed by atoms with Gasteiger partial charge in [-0.2, -0.15) is 0 Å². The van der Waals surface area contributed by atoms with Gasteiger partial charge in [-0.05, 0) is 46.3 Å². The van der Waals surface area contributed by atoms with Gasteiger partial charge < -0.3 is 10.2 Å². The van der Waals surface area contributed by atoms with Crippen molar-refractivity contribution in [2.75, 3.05) is 27.2 Å². The molecule has 0 fully saturated rings. The Morgan fingerprint density at radius 1 is 1.29 bits per heavy atom. The molecule has 0 aromatic rings. The van der Waals surface area contributed by atoms with Crippen molar-refractivity contribution in [3.8, 4) is 0 Å². The van der Waals surface area contributed by atoms with Gasteiger partial charge in [0.05, 0.1) is 0 Å². The van der Waals surface area contributed by atoms with E-state index in [0.29, 0.717) is 0 Å². The molecular formula is C12H28N2. The Morgan fingerprint density at radius 3 is 2.43 bits per heavy atom. The van der Waals surface area contributed by atoms with E-state index in [1.165, 1.54) is 25.8 Å². The van der Waals surface area contributed by atoms with Crippen LogP contribution in [0.5, 0.6) is 0 Å². The summed E-state index contributed by atoms with van der Waals surface area (Å²) >= 11 is 0. The summed E-state index contributed by atoms with van der Waals surface area (Å²) in [6, 6.07) is 0.720. The third-order valence-electron chi connectivity index (χ3n) is 3.10. The molecule has 0 aliphatic rings. The van der Waals surface area contributed by atoms with Gasteiger partial charge in [0.1, 0.15) is 0 Å². The third kappa shape index (κ3) is 6.39. The van der Waals surface area contributed by atoms with Gasteiger partial charge in [0.25, 0.3) is 0 Å². The molecule has 0 radical (unpaired) electrons. The molecule has 0 aromatic carbocycles. The first-order valence-electron chi connectivity index (χ1n) is 5.96. The van der Waals surface area contributed by atoms with Gasteiger partial charge in [-0.1, -0.05) is 20.3 Å². The second-order valence-corrected chi connectivity index (χ2v) is 4.55. The number of nitrogens with zero attached hydrogens (tertiary/aromatic N) is 1. The first-order valence-corrected chi connectivity index (χ1v) is 5.96. The van der Waals surface area contributed by atoms with Crippen LogP contribution in [0.1, 0.15) is 40.0 Å². The van der Waals surface area contributed by atoms with Crippen LogP contribution in [0.4, 0.5) is 0 Å². The summed E-state index contributed by atoms with van der Waals surface area (Å²) in [5.74, 6) is 0.826. The minimum Gasteiger partial charge on any atom is -0.320 e. The van der Waals surface area contributed by atoms with Crippen LogP contribution in [0.2, 0.25) is 0 Å². The molecule has 0 saturated carbocycles. The van der Waals surface area contributed by atoms with E-state index < -0.39 is 0 Å². The summed E-state index contributed by atoms with van der Waals surface area (Å²) in [5, 5.41) is 3.20. The van der Waals surface area contributed by atoms with Gasteiger partial charge in [-0.3, -0.25) is 0 Å². The largest absolute Gasteiger partial charge is 0.320 e. The second-order valence-electron chi connectivity index (χ2n) is 4.55. The molecule has 2 heteroatoms. The number of hydrogen-bond donors (Lipinski definition) is 1. The molecule has 0 spiro atoms. The van der Waals surface area contributed by atoms with E-state index in [9.17, 15) is 0 Å². The summed E-state index contributed by atoms with van der Waals surface area (Å²) in [5.41, 5.74) is 0. The van der Waals surface area contributed by atoms with Crippen molar-refractivity contribution in [3.05, 3.63) is 0 Å². The third-order valence-corrected chi connectivity index (χ3v) is 3.10. The summed E-state index contributed by atoms with van der Waals surface area (Å²) < 4.78 is 0. The van der Waals surface area contributed by atoms with Crippen molar-refractivity contribution in [1.82, 2.24) is 10.2 Å². The lowest BCUT2D eigenvalue weighted by Gasteiger charge is -2.27. The fourth-order valence-electron chi connectivity index (χ4n) is 1.60. The van der Waals surface area contributed by atoms with Crippen molar-refractivity contribution < 1.29 is 0 Å². The molecule has 14 heavy (non-hydrogen) atoms. The second kappa shape index (κ2) is 8.25. The summed E-state index contributed by atoms with van der Waals surface area (Å²) in [6.07, 6.45) is 3.86. The average molecular weight is 200 g/mol. The lowest BCUT2D eigenvalue weighted by molar-refractivity contribution is 0.210. The SMILES string of the molecule is CCC(C)CN(C)C(C)CCCNC. The highest BCUT2D eigenvalue weighted by atomic mass is 15.1. The first kappa shape index (κ1) is 13.9. The molecular weight excluding hydrogens is 172 g/mol. The van der Waals surface area contributed by atoms with E-state index in [1.54, 1.807) is 0 Å². The van der Waals surface area contributed by atoms with Crippen LogP contribution in [-0.4, -0.2) is 38.1 Å². The molecule has 2 atom stereocenters. The van der Waals surface area contributed by atoms with Crippen molar-refractivity contribution in [3.63, 3.8) is 0 Å². The minimum atomic E-state index is 0.720. The van der Waals surface area contributed by atoms with Gasteiger partial charge in [-0.25, -0.2) is 0 Å². The molecule has 2 unspecified atom stereocenters. The maximum absolute atomic E-state index is 3.20. The van der Waals surface area contributed by atoms with Crippen molar-refractivity contribution in [1.29, 1.82) is 0 Å². The van der Waals surface area contributed by atoms with E-state index in [-0.39, 0.29) is 0 Å². The molecule has 0 rings (SSSR count). The molecule has 1 N–H and O–H groups in total. The lowest BCUT2D eigenvalue weighted by atomic mass is 10.1. The fourth-order valence-corrected chi connectivity index (χ4v) is 1.60. The topological polar surface area (TPSA) is 15.3 Å². The summed E-state index contributed by atoms with van der Waals surface area (Å²) in [6.45, 7) is 9.30. The van der Waals surface area contributed by atoms with Crippen LogP contribution in [0.15, 0.2) is 0 Å². The molecule has 86 valence electrons. The zero-order chi connectivity index (χ0) is 11.0. The Bertz CT molecular complexity index is 125. The maximum Gasteiger partial charge on any atom is 0.00644 e. The van der Waals surface area contributed by atoms with Crippen molar-refractivity contribution in [2.45, 2.75) is 46.1 Å². The van der Waals surface area contributed by atoms with E-state index in [2.05, 4.69) is 38.0 Å². The molecule has 0 aliphatic carbocycles. The van der Waals surface area contributed by atoms with Crippen LogP contribution < -0.4 is 5.32 Å². The van der Waals surface area contributed by atoms with E-state index >= 15 is 0 Å². The van der Waals surface area contributed by atoms with Crippen LogP contribution in [0.3, 0.4) is 0 Å². The predicted octanol–water partition coefficient (Wildman–Crippen LogP) is 2.35. The molecule has 0 bridgehead atoms. The van der Waals surface area contributed by atoms with Crippen molar-refractivity contribution in [2.24, 2.45) is 5.92 Å². The fraction of sp³-hybridized carbons (Fsp3) is 1.00. The number of nitrogens with one attached hydrogen (secondary N) is 1. The van der Waals surface area contributed by atoms with Gasteiger partial charge in [0.15, 0.2) is 0 Å².